The molecule has 0 aromatic carbocycles. The maximum atomic E-state index is 11.1. The number of carbonyl (C=O) groups excluding carboxylic acids is 1. The van der Waals surface area contributed by atoms with Crippen LogP contribution in [-0.2, 0) is 4.79 Å². The second-order valence-electron chi connectivity index (χ2n) is 4.79. The Kier molecular flexibility index (Phi) is 2.27. The summed E-state index contributed by atoms with van der Waals surface area (Å²) >= 11 is 0. The quantitative estimate of drug-likeness (QED) is 0.545. The van der Waals surface area contributed by atoms with Gasteiger partial charge in [-0.15, -0.1) is 0 Å². The predicted molar refractivity (Wildman–Crippen MR) is 50.2 cm³/mol. The highest BCUT2D eigenvalue weighted by Gasteiger charge is 2.49. The van der Waals surface area contributed by atoms with Crippen molar-refractivity contribution in [2.75, 3.05) is 0 Å². The van der Waals surface area contributed by atoms with E-state index in [-0.39, 0.29) is 12.0 Å². The number of aliphatic hydroxyl groups excluding tert-OH is 1. The largest absolute Gasteiger partial charge is 0.393 e. The molecule has 2 rings (SSSR count). The maximum absolute atomic E-state index is 11.1. The van der Waals surface area contributed by atoms with Gasteiger partial charge in [-0.2, -0.15) is 0 Å². The minimum absolute atomic E-state index is 0.258. The Bertz CT molecular complexity index is 256. The van der Waals surface area contributed by atoms with Gasteiger partial charge in [-0.3, -0.25) is 4.79 Å². The lowest BCUT2D eigenvalue weighted by molar-refractivity contribution is -0.136. The van der Waals surface area contributed by atoms with Gasteiger partial charge in [0, 0.05) is 0 Å². The molecule has 0 spiro atoms. The fourth-order valence-electron chi connectivity index (χ4n) is 2.97. The second kappa shape index (κ2) is 3.21. The zero-order chi connectivity index (χ0) is 10.3. The molecule has 0 radical (unpaired) electrons. The lowest BCUT2D eigenvalue weighted by Gasteiger charge is -2.28. The van der Waals surface area contributed by atoms with E-state index >= 15 is 0 Å². The number of primary amides is 1. The molecule has 4 atom stereocenters. The van der Waals surface area contributed by atoms with Crippen LogP contribution in [0, 0.1) is 11.8 Å². The third-order valence-corrected chi connectivity index (χ3v) is 3.77. The average molecular weight is 199 g/mol. The van der Waals surface area contributed by atoms with E-state index in [1.54, 1.807) is 0 Å². The fraction of sp³-hybridized carbons (Fsp3) is 0.900. The van der Waals surface area contributed by atoms with Gasteiger partial charge in [0.05, 0.1) is 6.10 Å². The third kappa shape index (κ3) is 1.53. The smallest absolute Gasteiger partial charge is 0.249 e. The van der Waals surface area contributed by atoms with Crippen molar-refractivity contribution in [3.8, 4) is 0 Å². The van der Waals surface area contributed by atoms with Crippen LogP contribution in [0.15, 0.2) is 0 Å². The molecule has 80 valence electrons. The molecule has 2 aliphatic rings. The van der Waals surface area contributed by atoms with Crippen molar-refractivity contribution < 1.29 is 15.0 Å². The Labute approximate surface area is 83.1 Å². The number of nitrogens with two attached hydrogens (primary N) is 1. The summed E-state index contributed by atoms with van der Waals surface area (Å²) in [5.74, 6) is 0.0357. The van der Waals surface area contributed by atoms with E-state index in [4.69, 9.17) is 5.73 Å². The van der Waals surface area contributed by atoms with Crippen molar-refractivity contribution >= 4 is 5.91 Å². The highest BCUT2D eigenvalue weighted by Crippen LogP contribution is 2.46. The van der Waals surface area contributed by atoms with Crippen molar-refractivity contribution in [3.05, 3.63) is 0 Å². The van der Waals surface area contributed by atoms with Crippen LogP contribution >= 0.6 is 0 Å². The Balaban J connectivity index is 2.08. The Morgan fingerprint density at radius 2 is 1.93 bits per heavy atom. The second-order valence-corrected chi connectivity index (χ2v) is 4.79. The molecular weight excluding hydrogens is 182 g/mol. The van der Waals surface area contributed by atoms with Gasteiger partial charge in [0.15, 0.2) is 0 Å². The van der Waals surface area contributed by atoms with Crippen molar-refractivity contribution in [1.29, 1.82) is 0 Å². The summed E-state index contributed by atoms with van der Waals surface area (Å²) in [6, 6.07) is 0. The maximum Gasteiger partial charge on any atom is 0.249 e. The van der Waals surface area contributed by atoms with E-state index in [0.29, 0.717) is 25.2 Å². The molecule has 14 heavy (non-hydrogen) atoms. The van der Waals surface area contributed by atoms with Crippen LogP contribution in [0.5, 0.6) is 0 Å². The lowest BCUT2D eigenvalue weighted by atomic mass is 9.80. The van der Waals surface area contributed by atoms with E-state index < -0.39 is 11.5 Å². The van der Waals surface area contributed by atoms with Gasteiger partial charge >= 0.3 is 0 Å². The molecule has 2 fully saturated rings. The summed E-state index contributed by atoms with van der Waals surface area (Å²) in [5, 5.41) is 19.4. The van der Waals surface area contributed by atoms with Crippen LogP contribution in [0.4, 0.5) is 0 Å². The SMILES string of the molecule is NC(=O)C1(O)CC2CCC(O)CC2C1. The molecular formula is C10H17NO3. The van der Waals surface area contributed by atoms with Crippen molar-refractivity contribution in [2.24, 2.45) is 17.6 Å². The van der Waals surface area contributed by atoms with Gasteiger partial charge in [0.25, 0.3) is 0 Å². The Hall–Kier alpha value is -0.610. The van der Waals surface area contributed by atoms with E-state index in [0.717, 1.165) is 12.8 Å². The summed E-state index contributed by atoms with van der Waals surface area (Å²) in [6.45, 7) is 0. The number of rotatable bonds is 1. The number of amides is 1. The van der Waals surface area contributed by atoms with Crippen molar-refractivity contribution in [2.45, 2.75) is 43.8 Å². The standard InChI is InChI=1S/C10H17NO3/c11-9(13)10(14)4-6-1-2-8(12)3-7(6)5-10/h6-8,12,14H,1-5H2,(H2,11,13). The Morgan fingerprint density at radius 3 is 2.57 bits per heavy atom. The van der Waals surface area contributed by atoms with Crippen LogP contribution in [0.2, 0.25) is 0 Å². The molecule has 4 unspecified atom stereocenters. The van der Waals surface area contributed by atoms with Gasteiger partial charge in [0.1, 0.15) is 5.60 Å². The summed E-state index contributed by atoms with van der Waals surface area (Å²) in [6.07, 6.45) is 3.06. The fourth-order valence-corrected chi connectivity index (χ4v) is 2.97. The van der Waals surface area contributed by atoms with Gasteiger partial charge in [0.2, 0.25) is 5.91 Å². The molecule has 4 nitrogen and oxygen atoms in total. The normalized spacial score (nSPS) is 47.4. The first kappa shape index (κ1) is 9.93. The monoisotopic (exact) mass is 199 g/mol. The molecule has 0 aromatic heterocycles. The van der Waals surface area contributed by atoms with Crippen LogP contribution in [0.3, 0.4) is 0 Å². The number of aliphatic hydroxyl groups is 2. The summed E-state index contributed by atoms with van der Waals surface area (Å²) < 4.78 is 0. The van der Waals surface area contributed by atoms with E-state index in [1.807, 2.05) is 0 Å². The molecule has 1 amide bonds. The summed E-state index contributed by atoms with van der Waals surface area (Å²) in [4.78, 5) is 11.1. The summed E-state index contributed by atoms with van der Waals surface area (Å²) in [7, 11) is 0. The Morgan fingerprint density at radius 1 is 1.29 bits per heavy atom. The van der Waals surface area contributed by atoms with Crippen LogP contribution < -0.4 is 5.73 Å². The molecule has 0 aliphatic heterocycles. The molecule has 4 N–H and O–H groups in total. The van der Waals surface area contributed by atoms with Crippen molar-refractivity contribution in [1.82, 2.24) is 0 Å². The molecule has 0 heterocycles. The van der Waals surface area contributed by atoms with Crippen LogP contribution in [0.1, 0.15) is 32.1 Å². The molecule has 0 bridgehead atoms. The van der Waals surface area contributed by atoms with Gasteiger partial charge < -0.3 is 15.9 Å². The highest BCUT2D eigenvalue weighted by molar-refractivity contribution is 5.83. The van der Waals surface area contributed by atoms with E-state index in [9.17, 15) is 15.0 Å². The zero-order valence-corrected chi connectivity index (χ0v) is 8.15. The number of hydrogen-bond donors (Lipinski definition) is 3. The first-order valence-corrected chi connectivity index (χ1v) is 5.21. The summed E-state index contributed by atoms with van der Waals surface area (Å²) in [5.41, 5.74) is 3.86. The van der Waals surface area contributed by atoms with Gasteiger partial charge in [-0.05, 0) is 43.9 Å². The molecule has 4 heteroatoms. The minimum atomic E-state index is -1.31. The number of carbonyl (C=O) groups is 1. The van der Waals surface area contributed by atoms with Gasteiger partial charge in [-0.25, -0.2) is 0 Å². The highest BCUT2D eigenvalue weighted by atomic mass is 16.3. The predicted octanol–water partition coefficient (Wildman–Crippen LogP) is -0.226. The zero-order valence-electron chi connectivity index (χ0n) is 8.15. The third-order valence-electron chi connectivity index (χ3n) is 3.77. The number of hydrogen-bond acceptors (Lipinski definition) is 3. The van der Waals surface area contributed by atoms with Gasteiger partial charge in [-0.1, -0.05) is 0 Å². The van der Waals surface area contributed by atoms with Crippen LogP contribution in [0.25, 0.3) is 0 Å². The first-order chi connectivity index (χ1) is 6.51. The molecule has 2 aliphatic carbocycles. The van der Waals surface area contributed by atoms with Crippen LogP contribution in [-0.4, -0.2) is 27.8 Å². The molecule has 0 aromatic rings. The first-order valence-electron chi connectivity index (χ1n) is 5.21. The minimum Gasteiger partial charge on any atom is -0.393 e. The number of fused-ring (bicyclic) bond motifs is 1. The van der Waals surface area contributed by atoms with E-state index in [1.165, 1.54) is 0 Å². The lowest BCUT2D eigenvalue weighted by Crippen LogP contribution is -2.41. The van der Waals surface area contributed by atoms with Crippen molar-refractivity contribution in [3.63, 3.8) is 0 Å². The molecule has 2 saturated carbocycles. The average Bonchev–Trinajstić information content (AvgIpc) is 2.42. The molecule has 0 saturated heterocycles. The topological polar surface area (TPSA) is 83.6 Å². The van der Waals surface area contributed by atoms with E-state index in [2.05, 4.69) is 0 Å².